The van der Waals surface area contributed by atoms with Gasteiger partial charge in [-0.15, -0.1) is 0 Å². The number of nitrogens with zero attached hydrogens (tertiary/aromatic N) is 1. The van der Waals surface area contributed by atoms with Gasteiger partial charge in [-0.3, -0.25) is 13.9 Å². The van der Waals surface area contributed by atoms with Crippen molar-refractivity contribution < 1.29 is 18.0 Å². The summed E-state index contributed by atoms with van der Waals surface area (Å²) in [6.45, 7) is 0.335. The number of nitrogens with two attached hydrogens (primary N) is 1. The molecule has 0 aromatic heterocycles. The van der Waals surface area contributed by atoms with E-state index in [9.17, 15) is 18.0 Å². The number of hydrogen-bond acceptors (Lipinski definition) is 4. The van der Waals surface area contributed by atoms with E-state index in [0.29, 0.717) is 29.9 Å². The van der Waals surface area contributed by atoms with Gasteiger partial charge in [0.1, 0.15) is 0 Å². The van der Waals surface area contributed by atoms with Crippen LogP contribution in [0, 0.1) is 0 Å². The number of rotatable bonds is 4. The van der Waals surface area contributed by atoms with E-state index in [1.54, 1.807) is 12.1 Å². The Hall–Kier alpha value is -2.58. The number of anilines is 2. The smallest absolute Gasteiger partial charge is 0.255 e. The van der Waals surface area contributed by atoms with Crippen LogP contribution >= 0.6 is 11.6 Å². The maximum Gasteiger partial charge on any atom is 0.255 e. The summed E-state index contributed by atoms with van der Waals surface area (Å²) in [6.07, 6.45) is 1.34. The van der Waals surface area contributed by atoms with Crippen LogP contribution in [0.5, 0.6) is 0 Å². The molecule has 1 heterocycles. The van der Waals surface area contributed by atoms with Gasteiger partial charge in [-0.2, -0.15) is 0 Å². The van der Waals surface area contributed by atoms with Crippen molar-refractivity contribution in [3.63, 3.8) is 0 Å². The summed E-state index contributed by atoms with van der Waals surface area (Å²) in [5, 5.41) is 2.96. The number of carbonyl (C=O) groups is 2. The van der Waals surface area contributed by atoms with Gasteiger partial charge in [0.2, 0.25) is 15.9 Å². The van der Waals surface area contributed by atoms with E-state index in [-0.39, 0.29) is 16.3 Å². The summed E-state index contributed by atoms with van der Waals surface area (Å²) in [5.74, 6) is -0.918. The van der Waals surface area contributed by atoms with Crippen molar-refractivity contribution >= 4 is 44.8 Å². The Balaban J connectivity index is 1.84. The molecule has 9 heteroatoms. The molecule has 0 bridgehead atoms. The minimum absolute atomic E-state index is 0.0615. The molecule has 0 unspecified atom stereocenters. The van der Waals surface area contributed by atoms with E-state index in [2.05, 4.69) is 5.32 Å². The van der Waals surface area contributed by atoms with Crippen molar-refractivity contribution in [2.45, 2.75) is 12.8 Å². The zero-order valence-corrected chi connectivity index (χ0v) is 15.9. The van der Waals surface area contributed by atoms with Crippen molar-refractivity contribution in [1.82, 2.24) is 0 Å². The van der Waals surface area contributed by atoms with Gasteiger partial charge >= 0.3 is 0 Å². The monoisotopic (exact) mass is 407 g/mol. The number of nitrogens with one attached hydrogen (secondary N) is 1. The van der Waals surface area contributed by atoms with Gasteiger partial charge < -0.3 is 11.1 Å². The molecule has 7 nitrogen and oxygen atoms in total. The Bertz CT molecular complexity index is 990. The lowest BCUT2D eigenvalue weighted by molar-refractivity contribution is 0.0998. The van der Waals surface area contributed by atoms with Crippen LogP contribution in [0.15, 0.2) is 42.5 Å². The minimum Gasteiger partial charge on any atom is -0.366 e. The Kier molecular flexibility index (Phi) is 5.38. The summed E-state index contributed by atoms with van der Waals surface area (Å²) < 4.78 is 25.9. The molecule has 1 aliphatic heterocycles. The SMILES string of the molecule is NC(=O)c1ccc(NC(=O)c2ccc(Cl)c(N3CCCCS3(=O)=O)c2)cc1. The second-order valence-electron chi connectivity index (χ2n) is 6.16. The molecule has 2 aromatic carbocycles. The predicted molar refractivity (Wildman–Crippen MR) is 105 cm³/mol. The second-order valence-corrected chi connectivity index (χ2v) is 8.58. The van der Waals surface area contributed by atoms with Crippen molar-refractivity contribution in [1.29, 1.82) is 0 Å². The predicted octanol–water partition coefficient (Wildman–Crippen LogP) is 2.62. The van der Waals surface area contributed by atoms with Crippen molar-refractivity contribution in [3.8, 4) is 0 Å². The molecule has 0 spiro atoms. The Morgan fingerprint density at radius 3 is 2.33 bits per heavy atom. The first-order chi connectivity index (χ1) is 12.8. The fraction of sp³-hybridized carbons (Fsp3) is 0.222. The van der Waals surface area contributed by atoms with Crippen LogP contribution in [0.3, 0.4) is 0 Å². The van der Waals surface area contributed by atoms with Crippen molar-refractivity contribution in [2.24, 2.45) is 5.73 Å². The van der Waals surface area contributed by atoms with Crippen LogP contribution in [0.1, 0.15) is 33.6 Å². The molecule has 2 amide bonds. The number of benzene rings is 2. The molecule has 3 rings (SSSR count). The first-order valence-corrected chi connectivity index (χ1v) is 10.3. The van der Waals surface area contributed by atoms with Crippen LogP contribution in [0.4, 0.5) is 11.4 Å². The van der Waals surface area contributed by atoms with Crippen LogP contribution < -0.4 is 15.4 Å². The molecule has 3 N–H and O–H groups in total. The molecule has 0 radical (unpaired) electrons. The molecule has 0 aliphatic carbocycles. The quantitative estimate of drug-likeness (QED) is 0.811. The largest absolute Gasteiger partial charge is 0.366 e. The summed E-state index contributed by atoms with van der Waals surface area (Å²) in [7, 11) is -3.44. The summed E-state index contributed by atoms with van der Waals surface area (Å²) in [4.78, 5) is 23.6. The second kappa shape index (κ2) is 7.58. The molecule has 0 saturated carbocycles. The lowest BCUT2D eigenvalue weighted by Gasteiger charge is -2.29. The van der Waals surface area contributed by atoms with Crippen LogP contribution in [-0.2, 0) is 10.0 Å². The molecule has 2 aromatic rings. The van der Waals surface area contributed by atoms with E-state index in [1.165, 1.54) is 34.6 Å². The van der Waals surface area contributed by atoms with E-state index < -0.39 is 21.8 Å². The Morgan fingerprint density at radius 2 is 1.70 bits per heavy atom. The van der Waals surface area contributed by atoms with Gasteiger partial charge in [-0.25, -0.2) is 8.42 Å². The lowest BCUT2D eigenvalue weighted by Crippen LogP contribution is -2.38. The van der Waals surface area contributed by atoms with Gasteiger partial charge in [0.15, 0.2) is 0 Å². The third kappa shape index (κ3) is 4.23. The van der Waals surface area contributed by atoms with E-state index in [0.717, 1.165) is 6.42 Å². The minimum atomic E-state index is -3.44. The zero-order valence-electron chi connectivity index (χ0n) is 14.3. The first kappa shape index (κ1) is 19.2. The average molecular weight is 408 g/mol. The maximum absolute atomic E-state index is 12.5. The fourth-order valence-corrected chi connectivity index (χ4v) is 4.74. The van der Waals surface area contributed by atoms with Gasteiger partial charge in [-0.1, -0.05) is 11.6 Å². The van der Waals surface area contributed by atoms with E-state index in [4.69, 9.17) is 17.3 Å². The highest BCUT2D eigenvalue weighted by Gasteiger charge is 2.28. The number of hydrogen-bond donors (Lipinski definition) is 2. The lowest BCUT2D eigenvalue weighted by atomic mass is 10.1. The van der Waals surface area contributed by atoms with Crippen LogP contribution in [0.25, 0.3) is 0 Å². The molecule has 1 saturated heterocycles. The molecule has 1 aliphatic rings. The fourth-order valence-electron chi connectivity index (χ4n) is 2.83. The normalized spacial score (nSPS) is 16.0. The summed E-state index contributed by atoms with van der Waals surface area (Å²) >= 11 is 6.19. The van der Waals surface area contributed by atoms with Gasteiger partial charge in [0.25, 0.3) is 5.91 Å². The number of carbonyl (C=O) groups excluding carboxylic acids is 2. The maximum atomic E-state index is 12.5. The third-order valence-corrected chi connectivity index (χ3v) is 6.43. The van der Waals surface area contributed by atoms with E-state index in [1.807, 2.05) is 0 Å². The molecule has 1 fully saturated rings. The molecular weight excluding hydrogens is 390 g/mol. The highest BCUT2D eigenvalue weighted by atomic mass is 35.5. The highest BCUT2D eigenvalue weighted by Crippen LogP contribution is 2.31. The molecule has 142 valence electrons. The number of sulfonamides is 1. The first-order valence-electron chi connectivity index (χ1n) is 8.29. The third-order valence-electron chi connectivity index (χ3n) is 4.25. The van der Waals surface area contributed by atoms with E-state index >= 15 is 0 Å². The Morgan fingerprint density at radius 1 is 1.04 bits per heavy atom. The van der Waals surface area contributed by atoms with Gasteiger partial charge in [0, 0.05) is 23.4 Å². The standard InChI is InChI=1S/C18H18ClN3O4S/c19-15-8-5-13(11-16(15)22-9-1-2-10-27(22,25)26)18(24)21-14-6-3-12(4-7-14)17(20)23/h3-8,11H,1-2,9-10H2,(H2,20,23)(H,21,24). The topological polar surface area (TPSA) is 110 Å². The summed E-state index contributed by atoms with van der Waals surface area (Å²) in [5.41, 5.74) is 6.57. The average Bonchev–Trinajstić information content (AvgIpc) is 2.62. The van der Waals surface area contributed by atoms with Gasteiger partial charge in [-0.05, 0) is 55.3 Å². The number of halogens is 1. The van der Waals surface area contributed by atoms with Crippen molar-refractivity contribution in [2.75, 3.05) is 21.9 Å². The number of primary amides is 1. The molecule has 27 heavy (non-hydrogen) atoms. The van der Waals surface area contributed by atoms with Crippen LogP contribution in [-0.4, -0.2) is 32.5 Å². The van der Waals surface area contributed by atoms with Gasteiger partial charge in [0.05, 0.1) is 16.5 Å². The highest BCUT2D eigenvalue weighted by molar-refractivity contribution is 7.92. The summed E-state index contributed by atoms with van der Waals surface area (Å²) in [6, 6.07) is 10.6. The zero-order chi connectivity index (χ0) is 19.6. The van der Waals surface area contributed by atoms with Crippen LogP contribution in [0.2, 0.25) is 5.02 Å². The molecule has 0 atom stereocenters. The van der Waals surface area contributed by atoms with Crippen molar-refractivity contribution in [3.05, 3.63) is 58.6 Å². The number of amides is 2. The Labute approximate surface area is 162 Å². The molecular formula is C18H18ClN3O4S.